The van der Waals surface area contributed by atoms with E-state index in [0.29, 0.717) is 0 Å². The van der Waals surface area contributed by atoms with Crippen LogP contribution in [0.2, 0.25) is 38.3 Å². The Balaban J connectivity index is 0. The molecule has 0 bridgehead atoms. The van der Waals surface area contributed by atoms with Crippen LogP contribution >= 0.6 is 0 Å². The average molecular weight is 353 g/mol. The summed E-state index contributed by atoms with van der Waals surface area (Å²) >= 11 is 0. The van der Waals surface area contributed by atoms with E-state index in [2.05, 4.69) is 40.0 Å². The fourth-order valence-electron chi connectivity index (χ4n) is 2.74. The minimum atomic E-state index is -1.72. The van der Waals surface area contributed by atoms with Crippen molar-refractivity contribution in [2.24, 2.45) is 0 Å². The van der Waals surface area contributed by atoms with E-state index >= 15 is 0 Å². The van der Waals surface area contributed by atoms with Crippen LogP contribution in [0.15, 0.2) is 0 Å². The third-order valence-electron chi connectivity index (χ3n) is 3.30. The maximum atomic E-state index is 6.38. The summed E-state index contributed by atoms with van der Waals surface area (Å²) in [6.07, 6.45) is 2.11. The van der Waals surface area contributed by atoms with Crippen molar-refractivity contribution in [1.29, 1.82) is 0 Å². The molecular formula is C16H40O4Si2. The predicted molar refractivity (Wildman–Crippen MR) is 101 cm³/mol. The van der Waals surface area contributed by atoms with Gasteiger partial charge in [-0.2, -0.15) is 0 Å². The third-order valence-corrected chi connectivity index (χ3v) is 8.50. The summed E-state index contributed by atoms with van der Waals surface area (Å²) in [5.41, 5.74) is 0. The average Bonchev–Trinajstić information content (AvgIpc) is 2.25. The highest BCUT2D eigenvalue weighted by Gasteiger charge is 2.36. The standard InChI is InChI=1S/C15H36O4Si2.CH4/c1-15(2,18-20(5,6)13-9-11-16-3)19-21(7,8)14-10-12-17-4;/h9-14H2,1-8H3;1H4. The molecule has 0 N–H and O–H groups in total. The molecule has 0 aliphatic heterocycles. The van der Waals surface area contributed by atoms with Crippen LogP contribution < -0.4 is 0 Å². The van der Waals surface area contributed by atoms with E-state index in [-0.39, 0.29) is 7.43 Å². The minimum Gasteiger partial charge on any atom is -0.392 e. The zero-order valence-electron chi connectivity index (χ0n) is 15.4. The van der Waals surface area contributed by atoms with Crippen molar-refractivity contribution >= 4 is 16.6 Å². The van der Waals surface area contributed by atoms with Crippen LogP contribution in [0, 0.1) is 0 Å². The summed E-state index contributed by atoms with van der Waals surface area (Å²) in [4.78, 5) is 0. The second-order valence-electron chi connectivity index (χ2n) is 7.32. The molecule has 22 heavy (non-hydrogen) atoms. The lowest BCUT2D eigenvalue weighted by Crippen LogP contribution is -2.48. The first-order chi connectivity index (χ1) is 9.54. The SMILES string of the molecule is C.COCCC[Si](C)(C)OC(C)(C)O[Si](C)(C)CCCOC. The molecule has 0 heterocycles. The first-order valence-corrected chi connectivity index (χ1v) is 14.1. The lowest BCUT2D eigenvalue weighted by molar-refractivity contribution is -0.0966. The van der Waals surface area contributed by atoms with Gasteiger partial charge < -0.3 is 18.3 Å². The smallest absolute Gasteiger partial charge is 0.190 e. The summed E-state index contributed by atoms with van der Waals surface area (Å²) in [6, 6.07) is 2.19. The van der Waals surface area contributed by atoms with Gasteiger partial charge in [-0.3, -0.25) is 0 Å². The normalized spacial score (nSPS) is 13.1. The first-order valence-electron chi connectivity index (χ1n) is 7.92. The van der Waals surface area contributed by atoms with Gasteiger partial charge in [0.15, 0.2) is 16.6 Å². The van der Waals surface area contributed by atoms with Crippen LogP contribution in [-0.2, 0) is 18.3 Å². The number of ether oxygens (including phenoxy) is 2. The molecule has 0 rings (SSSR count). The van der Waals surface area contributed by atoms with E-state index in [1.807, 2.05) is 0 Å². The van der Waals surface area contributed by atoms with Gasteiger partial charge in [-0.05, 0) is 65.0 Å². The monoisotopic (exact) mass is 352 g/mol. The largest absolute Gasteiger partial charge is 0.392 e. The third kappa shape index (κ3) is 12.8. The van der Waals surface area contributed by atoms with Gasteiger partial charge in [-0.1, -0.05) is 7.43 Å². The van der Waals surface area contributed by atoms with E-state index in [9.17, 15) is 0 Å². The van der Waals surface area contributed by atoms with Gasteiger partial charge in [-0.25, -0.2) is 0 Å². The summed E-state index contributed by atoms with van der Waals surface area (Å²) in [5, 5.41) is 0. The molecule has 0 saturated carbocycles. The summed E-state index contributed by atoms with van der Waals surface area (Å²) in [5.74, 6) is -0.494. The second-order valence-corrected chi connectivity index (χ2v) is 15.8. The van der Waals surface area contributed by atoms with Crippen LogP contribution in [0.4, 0.5) is 0 Å². The first kappa shape index (κ1) is 24.5. The molecule has 0 aliphatic rings. The van der Waals surface area contributed by atoms with Gasteiger partial charge >= 0.3 is 0 Å². The van der Waals surface area contributed by atoms with Gasteiger partial charge in [-0.15, -0.1) is 0 Å². The van der Waals surface area contributed by atoms with E-state index < -0.39 is 22.4 Å². The lowest BCUT2D eigenvalue weighted by Gasteiger charge is -2.40. The maximum absolute atomic E-state index is 6.38. The topological polar surface area (TPSA) is 36.9 Å². The molecule has 0 unspecified atom stereocenters. The zero-order chi connectivity index (χ0) is 16.6. The van der Waals surface area contributed by atoms with Crippen molar-refractivity contribution in [3.63, 3.8) is 0 Å². The molecule has 0 fully saturated rings. The molecule has 0 atom stereocenters. The maximum Gasteiger partial charge on any atom is 0.190 e. The Morgan fingerprint density at radius 2 is 1.05 bits per heavy atom. The van der Waals surface area contributed by atoms with Gasteiger partial charge in [0.1, 0.15) is 5.79 Å². The number of hydrogen-bond donors (Lipinski definition) is 0. The quantitative estimate of drug-likeness (QED) is 0.285. The Morgan fingerprint density at radius 1 is 0.727 bits per heavy atom. The molecule has 0 aromatic carbocycles. The van der Waals surface area contributed by atoms with Crippen molar-refractivity contribution in [1.82, 2.24) is 0 Å². The predicted octanol–water partition coefficient (Wildman–Crippen LogP) is 4.88. The Bertz CT molecular complexity index is 255. The Morgan fingerprint density at radius 3 is 1.32 bits per heavy atom. The summed E-state index contributed by atoms with van der Waals surface area (Å²) in [7, 11) is 0.0506. The zero-order valence-corrected chi connectivity index (χ0v) is 17.4. The van der Waals surface area contributed by atoms with Crippen molar-refractivity contribution in [2.45, 2.75) is 78.2 Å². The minimum absolute atomic E-state index is 0. The molecule has 0 spiro atoms. The van der Waals surface area contributed by atoms with Crippen molar-refractivity contribution in [3.8, 4) is 0 Å². The number of rotatable bonds is 12. The van der Waals surface area contributed by atoms with Crippen LogP contribution in [0.3, 0.4) is 0 Å². The van der Waals surface area contributed by atoms with Crippen molar-refractivity contribution in [2.75, 3.05) is 27.4 Å². The molecule has 136 valence electrons. The molecule has 6 heteroatoms. The Labute approximate surface area is 141 Å². The molecular weight excluding hydrogens is 312 g/mol. The molecule has 4 nitrogen and oxygen atoms in total. The Kier molecular flexibility index (Phi) is 12.2. The lowest BCUT2D eigenvalue weighted by atomic mass is 10.4. The van der Waals surface area contributed by atoms with E-state index in [1.165, 1.54) is 0 Å². The molecule has 0 aromatic heterocycles. The Hall–Kier alpha value is 0.274. The van der Waals surface area contributed by atoms with E-state index in [4.69, 9.17) is 18.3 Å². The highest BCUT2D eigenvalue weighted by Crippen LogP contribution is 2.28. The van der Waals surface area contributed by atoms with Crippen LogP contribution in [0.25, 0.3) is 0 Å². The second kappa shape index (κ2) is 10.9. The van der Waals surface area contributed by atoms with Crippen LogP contribution in [0.1, 0.15) is 34.1 Å². The van der Waals surface area contributed by atoms with Gasteiger partial charge in [0, 0.05) is 27.4 Å². The van der Waals surface area contributed by atoms with Gasteiger partial charge in [0.05, 0.1) is 0 Å². The number of methoxy groups -OCH3 is 2. The van der Waals surface area contributed by atoms with E-state index in [1.54, 1.807) is 14.2 Å². The fourth-order valence-corrected chi connectivity index (χ4v) is 7.76. The summed E-state index contributed by atoms with van der Waals surface area (Å²) in [6.45, 7) is 14.8. The molecule has 0 amide bonds. The highest BCUT2D eigenvalue weighted by atomic mass is 28.4. The summed E-state index contributed by atoms with van der Waals surface area (Å²) < 4.78 is 23.0. The number of hydrogen-bond acceptors (Lipinski definition) is 4. The van der Waals surface area contributed by atoms with E-state index in [0.717, 1.165) is 38.1 Å². The van der Waals surface area contributed by atoms with Crippen LogP contribution in [0.5, 0.6) is 0 Å². The molecule has 0 aliphatic carbocycles. The van der Waals surface area contributed by atoms with Crippen LogP contribution in [-0.4, -0.2) is 49.9 Å². The van der Waals surface area contributed by atoms with Gasteiger partial charge in [0.25, 0.3) is 0 Å². The molecule has 0 aromatic rings. The van der Waals surface area contributed by atoms with Crippen molar-refractivity contribution < 1.29 is 18.3 Å². The van der Waals surface area contributed by atoms with Crippen molar-refractivity contribution in [3.05, 3.63) is 0 Å². The fraction of sp³-hybridized carbons (Fsp3) is 1.00. The van der Waals surface area contributed by atoms with Gasteiger partial charge in [0.2, 0.25) is 0 Å². The highest BCUT2D eigenvalue weighted by molar-refractivity contribution is 6.72. The molecule has 0 radical (unpaired) electrons. The molecule has 0 saturated heterocycles.